The molecule has 0 saturated heterocycles. The van der Waals surface area contributed by atoms with E-state index in [4.69, 9.17) is 0 Å². The van der Waals surface area contributed by atoms with Crippen LogP contribution in [-0.2, 0) is 16.1 Å². The first-order chi connectivity index (χ1) is 10.0. The number of H-pyrrole nitrogens is 1. The summed E-state index contributed by atoms with van der Waals surface area (Å²) in [5, 5.41) is 0. The van der Waals surface area contributed by atoms with E-state index in [0.717, 1.165) is 0 Å². The van der Waals surface area contributed by atoms with Gasteiger partial charge in [-0.15, -0.1) is 0 Å². The molecule has 114 valence electrons. The second kappa shape index (κ2) is 6.67. The minimum atomic E-state index is -0.333. The van der Waals surface area contributed by atoms with Crippen LogP contribution in [0.2, 0.25) is 0 Å². The smallest absolute Gasteiger partial charge is 0.306 e. The third-order valence-electron chi connectivity index (χ3n) is 3.43. The minimum Gasteiger partial charge on any atom is -0.469 e. The van der Waals surface area contributed by atoms with Crippen molar-refractivity contribution >= 4 is 17.0 Å². The van der Waals surface area contributed by atoms with Crippen LogP contribution in [0.25, 0.3) is 11.0 Å². The lowest BCUT2D eigenvalue weighted by atomic mass is 10.3. The number of nitrogens with zero attached hydrogens (tertiary/aromatic N) is 2. The van der Waals surface area contributed by atoms with Gasteiger partial charge in [-0.05, 0) is 26.0 Å². The molecule has 1 aromatic carbocycles. The summed E-state index contributed by atoms with van der Waals surface area (Å²) in [6.07, 6.45) is 0.323. The van der Waals surface area contributed by atoms with Gasteiger partial charge in [0, 0.05) is 12.6 Å². The van der Waals surface area contributed by atoms with Gasteiger partial charge < -0.3 is 9.72 Å². The van der Waals surface area contributed by atoms with Gasteiger partial charge in [-0.3, -0.25) is 9.69 Å². The predicted octanol–water partition coefficient (Wildman–Crippen LogP) is 2.48. The van der Waals surface area contributed by atoms with E-state index in [1.807, 2.05) is 13.8 Å². The number of ether oxygens (including phenoxy) is 1. The molecule has 0 atom stereocenters. The Balaban J connectivity index is 2.11. The number of carbonyl (C=O) groups excluding carboxylic acids is 1. The number of benzene rings is 1. The average molecular weight is 293 g/mol. The van der Waals surface area contributed by atoms with Crippen LogP contribution in [-0.4, -0.2) is 40.5 Å². The molecular weight excluding hydrogens is 273 g/mol. The van der Waals surface area contributed by atoms with Crippen molar-refractivity contribution in [2.45, 2.75) is 32.9 Å². The predicted molar refractivity (Wildman–Crippen MR) is 78.2 cm³/mol. The molecule has 0 fully saturated rings. The molecule has 1 N–H and O–H groups in total. The van der Waals surface area contributed by atoms with Crippen molar-refractivity contribution in [3.8, 4) is 0 Å². The molecule has 0 amide bonds. The van der Waals surface area contributed by atoms with E-state index < -0.39 is 0 Å². The van der Waals surface area contributed by atoms with Crippen LogP contribution >= 0.6 is 0 Å². The van der Waals surface area contributed by atoms with E-state index in [1.54, 1.807) is 12.1 Å². The van der Waals surface area contributed by atoms with Crippen LogP contribution in [0.3, 0.4) is 0 Å². The highest BCUT2D eigenvalue weighted by molar-refractivity contribution is 5.75. The van der Waals surface area contributed by atoms with E-state index in [-0.39, 0.29) is 17.8 Å². The third-order valence-corrected chi connectivity index (χ3v) is 3.43. The molecular formula is C15H20FN3O2. The number of imidazole rings is 1. The molecule has 0 aliphatic heterocycles. The van der Waals surface area contributed by atoms with Crippen LogP contribution in [0.5, 0.6) is 0 Å². The maximum absolute atomic E-state index is 13.6. The maximum Gasteiger partial charge on any atom is 0.306 e. The lowest BCUT2D eigenvalue weighted by Gasteiger charge is -2.24. The van der Waals surface area contributed by atoms with Crippen LogP contribution < -0.4 is 0 Å². The molecule has 2 aromatic rings. The molecule has 6 heteroatoms. The van der Waals surface area contributed by atoms with Gasteiger partial charge in [0.25, 0.3) is 0 Å². The van der Waals surface area contributed by atoms with Crippen LogP contribution in [0.1, 0.15) is 26.1 Å². The Morgan fingerprint density at radius 1 is 1.48 bits per heavy atom. The quantitative estimate of drug-likeness (QED) is 0.831. The lowest BCUT2D eigenvalue weighted by Crippen LogP contribution is -2.33. The number of nitrogens with one attached hydrogen (secondary N) is 1. The fraction of sp³-hybridized carbons (Fsp3) is 0.467. The average Bonchev–Trinajstić information content (AvgIpc) is 2.86. The van der Waals surface area contributed by atoms with E-state index in [2.05, 4.69) is 19.6 Å². The molecule has 0 saturated carbocycles. The normalized spacial score (nSPS) is 11.5. The molecule has 1 heterocycles. The highest BCUT2D eigenvalue weighted by Gasteiger charge is 2.15. The molecule has 21 heavy (non-hydrogen) atoms. The van der Waals surface area contributed by atoms with Crippen molar-refractivity contribution in [3.05, 3.63) is 29.8 Å². The van der Waals surface area contributed by atoms with Crippen molar-refractivity contribution in [1.29, 1.82) is 0 Å². The van der Waals surface area contributed by atoms with Crippen molar-refractivity contribution in [2.75, 3.05) is 13.7 Å². The largest absolute Gasteiger partial charge is 0.469 e. The third kappa shape index (κ3) is 3.78. The van der Waals surface area contributed by atoms with Crippen LogP contribution in [0.15, 0.2) is 18.2 Å². The number of aromatic nitrogens is 2. The Morgan fingerprint density at radius 2 is 2.24 bits per heavy atom. The number of para-hydroxylation sites is 1. The molecule has 0 aliphatic rings. The highest BCUT2D eigenvalue weighted by atomic mass is 19.1. The minimum absolute atomic E-state index is 0.240. The first kappa shape index (κ1) is 15.4. The van der Waals surface area contributed by atoms with Gasteiger partial charge in [-0.2, -0.15) is 0 Å². The van der Waals surface area contributed by atoms with Gasteiger partial charge in [0.2, 0.25) is 0 Å². The molecule has 0 radical (unpaired) electrons. The summed E-state index contributed by atoms with van der Waals surface area (Å²) in [6, 6.07) is 5.08. The van der Waals surface area contributed by atoms with Crippen LogP contribution in [0, 0.1) is 5.82 Å². The Morgan fingerprint density at radius 3 is 2.86 bits per heavy atom. The second-order valence-electron chi connectivity index (χ2n) is 5.21. The van der Waals surface area contributed by atoms with E-state index in [0.29, 0.717) is 36.4 Å². The summed E-state index contributed by atoms with van der Waals surface area (Å²) in [5.41, 5.74) is 1.03. The number of carbonyl (C=O) groups is 1. The number of hydrogen-bond acceptors (Lipinski definition) is 4. The Hall–Kier alpha value is -1.95. The molecule has 2 rings (SSSR count). The van der Waals surface area contributed by atoms with Gasteiger partial charge in [0.15, 0.2) is 5.82 Å². The Bertz CT molecular complexity index is 624. The zero-order valence-electron chi connectivity index (χ0n) is 12.5. The second-order valence-corrected chi connectivity index (χ2v) is 5.21. The standard InChI is InChI=1S/C15H20FN3O2/c1-10(2)19(8-7-14(20)21-3)9-13-17-12-6-4-5-11(16)15(12)18-13/h4-6,10H,7-9H2,1-3H3,(H,17,18). The summed E-state index contributed by atoms with van der Waals surface area (Å²) >= 11 is 0. The highest BCUT2D eigenvalue weighted by Crippen LogP contribution is 2.16. The zero-order chi connectivity index (χ0) is 15.4. The number of aromatic amines is 1. The number of hydrogen-bond donors (Lipinski definition) is 1. The molecule has 0 bridgehead atoms. The first-order valence-electron chi connectivity index (χ1n) is 6.95. The zero-order valence-corrected chi connectivity index (χ0v) is 12.5. The summed E-state index contributed by atoms with van der Waals surface area (Å²) in [4.78, 5) is 20.8. The summed E-state index contributed by atoms with van der Waals surface area (Å²) in [7, 11) is 1.38. The number of esters is 1. The molecule has 5 nitrogen and oxygen atoms in total. The van der Waals surface area contributed by atoms with Crippen molar-refractivity contribution < 1.29 is 13.9 Å². The lowest BCUT2D eigenvalue weighted by molar-refractivity contribution is -0.141. The first-order valence-corrected chi connectivity index (χ1v) is 6.95. The van der Waals surface area contributed by atoms with Crippen molar-refractivity contribution in [2.24, 2.45) is 0 Å². The summed E-state index contributed by atoms with van der Waals surface area (Å²) in [5.74, 6) is 0.116. The Kier molecular flexibility index (Phi) is 4.90. The molecule has 0 unspecified atom stereocenters. The van der Waals surface area contributed by atoms with E-state index in [1.165, 1.54) is 13.2 Å². The molecule has 0 spiro atoms. The number of fused-ring (bicyclic) bond motifs is 1. The molecule has 0 aliphatic carbocycles. The summed E-state index contributed by atoms with van der Waals surface area (Å²) < 4.78 is 18.3. The fourth-order valence-electron chi connectivity index (χ4n) is 2.17. The topological polar surface area (TPSA) is 58.2 Å². The van der Waals surface area contributed by atoms with E-state index >= 15 is 0 Å². The van der Waals surface area contributed by atoms with Gasteiger partial charge in [-0.1, -0.05) is 6.07 Å². The maximum atomic E-state index is 13.6. The fourth-order valence-corrected chi connectivity index (χ4v) is 2.17. The van der Waals surface area contributed by atoms with Crippen LogP contribution in [0.4, 0.5) is 4.39 Å². The van der Waals surface area contributed by atoms with Gasteiger partial charge >= 0.3 is 5.97 Å². The number of halogens is 1. The monoisotopic (exact) mass is 293 g/mol. The SMILES string of the molecule is COC(=O)CCN(Cc1nc2c(F)cccc2[nH]1)C(C)C. The van der Waals surface area contributed by atoms with E-state index in [9.17, 15) is 9.18 Å². The van der Waals surface area contributed by atoms with Gasteiger partial charge in [0.1, 0.15) is 11.3 Å². The van der Waals surface area contributed by atoms with Crippen molar-refractivity contribution in [1.82, 2.24) is 14.9 Å². The Labute approximate surface area is 123 Å². The number of methoxy groups -OCH3 is 1. The number of rotatable bonds is 6. The van der Waals surface area contributed by atoms with Gasteiger partial charge in [-0.25, -0.2) is 9.37 Å². The summed E-state index contributed by atoms with van der Waals surface area (Å²) in [6.45, 7) is 5.19. The van der Waals surface area contributed by atoms with Crippen molar-refractivity contribution in [3.63, 3.8) is 0 Å². The van der Waals surface area contributed by atoms with Gasteiger partial charge in [0.05, 0.1) is 25.6 Å². The molecule has 1 aromatic heterocycles.